The highest BCUT2D eigenvalue weighted by Crippen LogP contribution is 2.29. The number of anilines is 1. The van der Waals surface area contributed by atoms with Crippen LogP contribution < -0.4 is 20.2 Å². The van der Waals surface area contributed by atoms with E-state index in [-0.39, 0.29) is 18.2 Å². The van der Waals surface area contributed by atoms with Crippen molar-refractivity contribution in [3.8, 4) is 11.5 Å². The smallest absolute Gasteiger partial charge is 0.271 e. The van der Waals surface area contributed by atoms with Crippen molar-refractivity contribution >= 4 is 29.4 Å². The number of nitro groups is 1. The molecule has 10 heteroatoms. The van der Waals surface area contributed by atoms with Crippen LogP contribution >= 0.6 is 0 Å². The van der Waals surface area contributed by atoms with Gasteiger partial charge in [-0.2, -0.15) is 5.10 Å². The second-order valence-corrected chi connectivity index (χ2v) is 7.31. The lowest BCUT2D eigenvalue weighted by molar-refractivity contribution is -0.384. The first-order valence-electron chi connectivity index (χ1n) is 10.7. The number of ether oxygens (including phenoxy) is 2. The van der Waals surface area contributed by atoms with Gasteiger partial charge < -0.3 is 14.8 Å². The van der Waals surface area contributed by atoms with Crippen molar-refractivity contribution in [1.29, 1.82) is 0 Å². The van der Waals surface area contributed by atoms with Crippen LogP contribution in [0.25, 0.3) is 0 Å². The zero-order valence-corrected chi connectivity index (χ0v) is 19.2. The molecule has 180 valence electrons. The first-order chi connectivity index (χ1) is 16.9. The summed E-state index contributed by atoms with van der Waals surface area (Å²) in [5.41, 5.74) is 4.91. The fourth-order valence-corrected chi connectivity index (χ4v) is 3.01. The van der Waals surface area contributed by atoms with E-state index in [9.17, 15) is 19.7 Å². The van der Waals surface area contributed by atoms with Gasteiger partial charge in [-0.05, 0) is 72.6 Å². The van der Waals surface area contributed by atoms with Crippen molar-refractivity contribution in [2.24, 2.45) is 5.10 Å². The summed E-state index contributed by atoms with van der Waals surface area (Å²) in [4.78, 5) is 33.7. The van der Waals surface area contributed by atoms with E-state index in [1.165, 1.54) is 25.3 Å². The third kappa shape index (κ3) is 7.39. The summed E-state index contributed by atoms with van der Waals surface area (Å²) in [5, 5.41) is 17.4. The molecule has 3 aromatic rings. The van der Waals surface area contributed by atoms with Crippen LogP contribution in [-0.4, -0.2) is 29.6 Å². The second-order valence-electron chi connectivity index (χ2n) is 7.31. The van der Waals surface area contributed by atoms with E-state index in [1.807, 2.05) is 6.92 Å². The standard InChI is InChI=1S/C25H24N4O6/c1-3-34-24-14-19(6-13-23(24)35-16-18-4-11-22(12-5-18)29(32)33)15-26-28-25(31)20-7-9-21(10-8-20)27-17(2)30/h4-15H,3,16H2,1-2H3,(H,27,30)(H,28,31). The van der Waals surface area contributed by atoms with Crippen LogP contribution in [0.2, 0.25) is 0 Å². The summed E-state index contributed by atoms with van der Waals surface area (Å²) in [7, 11) is 0. The average Bonchev–Trinajstić information content (AvgIpc) is 2.84. The highest BCUT2D eigenvalue weighted by Gasteiger charge is 2.09. The molecule has 3 aromatic carbocycles. The number of nitro benzene ring substituents is 1. The molecule has 0 bridgehead atoms. The number of carbonyl (C=O) groups excluding carboxylic acids is 2. The number of carbonyl (C=O) groups is 2. The van der Waals surface area contributed by atoms with Crippen LogP contribution in [0.4, 0.5) is 11.4 Å². The number of nitrogens with one attached hydrogen (secondary N) is 2. The van der Waals surface area contributed by atoms with Gasteiger partial charge in [0.2, 0.25) is 5.91 Å². The Labute approximate surface area is 201 Å². The van der Waals surface area contributed by atoms with Crippen molar-refractivity contribution in [3.05, 3.63) is 93.5 Å². The van der Waals surface area contributed by atoms with E-state index in [4.69, 9.17) is 9.47 Å². The Kier molecular flexibility index (Phi) is 8.49. The molecule has 2 amide bonds. The van der Waals surface area contributed by atoms with Gasteiger partial charge in [-0.1, -0.05) is 0 Å². The predicted molar refractivity (Wildman–Crippen MR) is 131 cm³/mol. The Bertz CT molecular complexity index is 1220. The van der Waals surface area contributed by atoms with Crippen LogP contribution in [0.15, 0.2) is 71.8 Å². The number of hydrogen-bond donors (Lipinski definition) is 2. The Hall–Kier alpha value is -4.73. The van der Waals surface area contributed by atoms with Crippen LogP contribution in [0.3, 0.4) is 0 Å². The van der Waals surface area contributed by atoms with Gasteiger partial charge in [-0.25, -0.2) is 5.43 Å². The van der Waals surface area contributed by atoms with Gasteiger partial charge in [0.05, 0.1) is 17.7 Å². The maximum absolute atomic E-state index is 12.3. The van der Waals surface area contributed by atoms with Crippen molar-refractivity contribution in [2.45, 2.75) is 20.5 Å². The monoisotopic (exact) mass is 476 g/mol. The molecule has 10 nitrogen and oxygen atoms in total. The molecule has 0 saturated heterocycles. The molecule has 0 aliphatic rings. The lowest BCUT2D eigenvalue weighted by Gasteiger charge is -2.12. The minimum atomic E-state index is -0.454. The number of amides is 2. The summed E-state index contributed by atoms with van der Waals surface area (Å²) in [6.45, 7) is 3.88. The minimum absolute atomic E-state index is 0.0153. The highest BCUT2D eigenvalue weighted by atomic mass is 16.6. The van der Waals surface area contributed by atoms with E-state index >= 15 is 0 Å². The Balaban J connectivity index is 1.61. The lowest BCUT2D eigenvalue weighted by atomic mass is 10.2. The summed E-state index contributed by atoms with van der Waals surface area (Å²) < 4.78 is 11.5. The number of hydrogen-bond acceptors (Lipinski definition) is 7. The van der Waals surface area contributed by atoms with Gasteiger partial charge in [-0.3, -0.25) is 19.7 Å². The highest BCUT2D eigenvalue weighted by molar-refractivity contribution is 5.96. The number of nitrogens with zero attached hydrogens (tertiary/aromatic N) is 2. The molecule has 35 heavy (non-hydrogen) atoms. The first-order valence-corrected chi connectivity index (χ1v) is 10.7. The molecule has 0 aliphatic heterocycles. The molecule has 0 unspecified atom stereocenters. The van der Waals surface area contributed by atoms with Gasteiger partial charge >= 0.3 is 0 Å². The fourth-order valence-electron chi connectivity index (χ4n) is 3.01. The van der Waals surface area contributed by atoms with Crippen LogP contribution in [0.1, 0.15) is 35.3 Å². The number of hydrazone groups is 1. The molecule has 0 aliphatic carbocycles. The second kappa shape index (κ2) is 11.9. The molecule has 0 fully saturated rings. The molecule has 3 rings (SSSR count). The van der Waals surface area contributed by atoms with Gasteiger partial charge in [0, 0.05) is 30.3 Å². The molecule has 0 spiro atoms. The van der Waals surface area contributed by atoms with Gasteiger partial charge in [-0.15, -0.1) is 0 Å². The number of rotatable bonds is 10. The first kappa shape index (κ1) is 24.9. The van der Waals surface area contributed by atoms with E-state index in [0.717, 1.165) is 5.56 Å². The Morgan fingerprint density at radius 3 is 2.34 bits per heavy atom. The fraction of sp³-hybridized carbons (Fsp3) is 0.160. The van der Waals surface area contributed by atoms with Crippen molar-refractivity contribution < 1.29 is 24.0 Å². The van der Waals surface area contributed by atoms with Crippen molar-refractivity contribution in [2.75, 3.05) is 11.9 Å². The Morgan fingerprint density at radius 1 is 1.00 bits per heavy atom. The summed E-state index contributed by atoms with van der Waals surface area (Å²) in [6.07, 6.45) is 1.48. The largest absolute Gasteiger partial charge is 0.490 e. The minimum Gasteiger partial charge on any atom is -0.490 e. The molecule has 0 saturated carbocycles. The van der Waals surface area contributed by atoms with Crippen LogP contribution in [0.5, 0.6) is 11.5 Å². The van der Waals surface area contributed by atoms with E-state index in [0.29, 0.717) is 34.9 Å². The van der Waals surface area contributed by atoms with Gasteiger partial charge in [0.25, 0.3) is 11.6 Å². The summed E-state index contributed by atoms with van der Waals surface area (Å²) in [6, 6.07) is 17.7. The number of benzene rings is 3. The maximum atomic E-state index is 12.3. The molecule has 0 atom stereocenters. The predicted octanol–water partition coefficient (Wildman–Crippen LogP) is 4.29. The zero-order chi connectivity index (χ0) is 25.2. The zero-order valence-electron chi connectivity index (χ0n) is 19.2. The van der Waals surface area contributed by atoms with Crippen LogP contribution in [0, 0.1) is 10.1 Å². The van der Waals surface area contributed by atoms with E-state index in [2.05, 4.69) is 15.8 Å². The topological polar surface area (TPSA) is 132 Å². The van der Waals surface area contributed by atoms with Gasteiger partial charge in [0.1, 0.15) is 6.61 Å². The summed E-state index contributed by atoms with van der Waals surface area (Å²) >= 11 is 0. The summed E-state index contributed by atoms with van der Waals surface area (Å²) in [5.74, 6) is 0.411. The molecule has 0 radical (unpaired) electrons. The third-order valence-corrected chi connectivity index (χ3v) is 4.66. The SMILES string of the molecule is CCOc1cc(C=NNC(=O)c2ccc(NC(C)=O)cc2)ccc1OCc1ccc([N+](=O)[O-])cc1. The van der Waals surface area contributed by atoms with E-state index in [1.54, 1.807) is 54.6 Å². The molecule has 0 heterocycles. The normalized spacial score (nSPS) is 10.6. The quantitative estimate of drug-likeness (QED) is 0.255. The Morgan fingerprint density at radius 2 is 1.71 bits per heavy atom. The number of non-ortho nitro benzene ring substituents is 1. The van der Waals surface area contributed by atoms with Crippen molar-refractivity contribution in [3.63, 3.8) is 0 Å². The van der Waals surface area contributed by atoms with Crippen molar-refractivity contribution in [1.82, 2.24) is 5.43 Å². The third-order valence-electron chi connectivity index (χ3n) is 4.66. The van der Waals surface area contributed by atoms with Gasteiger partial charge in [0.15, 0.2) is 11.5 Å². The molecule has 2 N–H and O–H groups in total. The molecular formula is C25H24N4O6. The molecular weight excluding hydrogens is 452 g/mol. The van der Waals surface area contributed by atoms with E-state index < -0.39 is 10.8 Å². The molecule has 0 aromatic heterocycles. The maximum Gasteiger partial charge on any atom is 0.271 e. The average molecular weight is 476 g/mol. The van der Waals surface area contributed by atoms with Crippen LogP contribution in [-0.2, 0) is 11.4 Å². The lowest BCUT2D eigenvalue weighted by Crippen LogP contribution is -2.17.